The second-order valence-electron chi connectivity index (χ2n) is 13.6. The fourth-order valence-electron chi connectivity index (χ4n) is 7.40. The van der Waals surface area contributed by atoms with E-state index in [9.17, 15) is 0 Å². The van der Waals surface area contributed by atoms with Gasteiger partial charge < -0.3 is 4.42 Å². The molecule has 0 saturated heterocycles. The number of nitrogens with zero attached hydrogens (tertiary/aromatic N) is 3. The maximum Gasteiger partial charge on any atom is 0.164 e. The Balaban J connectivity index is 1.11. The Labute approximate surface area is 319 Å². The van der Waals surface area contributed by atoms with E-state index in [1.54, 1.807) is 0 Å². The van der Waals surface area contributed by atoms with Gasteiger partial charge in [-0.15, -0.1) is 0 Å². The topological polar surface area (TPSA) is 51.8 Å². The van der Waals surface area contributed by atoms with Crippen LogP contribution in [0, 0.1) is 0 Å². The van der Waals surface area contributed by atoms with Gasteiger partial charge in [-0.2, -0.15) is 0 Å². The summed E-state index contributed by atoms with van der Waals surface area (Å²) in [7, 11) is 0. The molecule has 55 heavy (non-hydrogen) atoms. The second-order valence-corrected chi connectivity index (χ2v) is 13.6. The van der Waals surface area contributed by atoms with Crippen molar-refractivity contribution in [3.63, 3.8) is 0 Å². The highest BCUT2D eigenvalue weighted by molar-refractivity contribution is 6.13. The quantitative estimate of drug-likeness (QED) is 0.166. The number of benzene rings is 8. The van der Waals surface area contributed by atoms with Crippen LogP contribution in [0.5, 0.6) is 0 Å². The van der Waals surface area contributed by atoms with Gasteiger partial charge in [-0.1, -0.05) is 164 Å². The van der Waals surface area contributed by atoms with E-state index in [-0.39, 0.29) is 0 Å². The highest BCUT2D eigenvalue weighted by Gasteiger charge is 2.17. The third-order valence-electron chi connectivity index (χ3n) is 10.1. The lowest BCUT2D eigenvalue weighted by Crippen LogP contribution is -2.00. The highest BCUT2D eigenvalue weighted by Crippen LogP contribution is 2.39. The highest BCUT2D eigenvalue weighted by atomic mass is 16.3. The Morgan fingerprint density at radius 2 is 0.673 bits per heavy atom. The average Bonchev–Trinajstić information content (AvgIpc) is 3.66. The molecule has 0 atom stereocenters. The van der Waals surface area contributed by atoms with E-state index >= 15 is 0 Å². The molecule has 8 aromatic carbocycles. The van der Waals surface area contributed by atoms with Crippen molar-refractivity contribution in [2.45, 2.75) is 0 Å². The SMILES string of the molecule is c1ccc(-c2cccc(-c3nc(-c4cccc(-c5ccccc5)c4)nc(-c4ccc5c(c4)oc4cccc(-c6cccc(-c7ccccc7)c6)c45)n3)c2)cc1. The van der Waals surface area contributed by atoms with Gasteiger partial charge >= 0.3 is 0 Å². The second kappa shape index (κ2) is 13.8. The molecule has 0 bridgehead atoms. The lowest BCUT2D eigenvalue weighted by molar-refractivity contribution is 0.669. The molecule has 2 heterocycles. The van der Waals surface area contributed by atoms with E-state index < -0.39 is 0 Å². The molecule has 0 amide bonds. The monoisotopic (exact) mass is 703 g/mol. The third-order valence-corrected chi connectivity index (χ3v) is 10.1. The van der Waals surface area contributed by atoms with Gasteiger partial charge in [0, 0.05) is 27.5 Å². The van der Waals surface area contributed by atoms with Crippen molar-refractivity contribution in [2.24, 2.45) is 0 Å². The fraction of sp³-hybridized carbons (Fsp3) is 0. The molecule has 4 nitrogen and oxygen atoms in total. The smallest absolute Gasteiger partial charge is 0.164 e. The van der Waals surface area contributed by atoms with Crippen LogP contribution in [0.1, 0.15) is 0 Å². The van der Waals surface area contributed by atoms with E-state index in [0.29, 0.717) is 17.5 Å². The predicted octanol–water partition coefficient (Wildman–Crippen LogP) is 13.4. The fourth-order valence-corrected chi connectivity index (χ4v) is 7.40. The molecule has 4 heteroatoms. The van der Waals surface area contributed by atoms with Crippen molar-refractivity contribution < 1.29 is 4.42 Å². The van der Waals surface area contributed by atoms with E-state index in [1.165, 1.54) is 11.1 Å². The van der Waals surface area contributed by atoms with Crippen molar-refractivity contribution in [3.05, 3.63) is 200 Å². The summed E-state index contributed by atoms with van der Waals surface area (Å²) in [5.74, 6) is 1.79. The average molecular weight is 704 g/mol. The number of hydrogen-bond acceptors (Lipinski definition) is 4. The minimum Gasteiger partial charge on any atom is -0.456 e. The lowest BCUT2D eigenvalue weighted by atomic mass is 9.96. The normalized spacial score (nSPS) is 11.3. The van der Waals surface area contributed by atoms with E-state index in [0.717, 1.165) is 72.0 Å². The molecule has 0 spiro atoms. The van der Waals surface area contributed by atoms with Crippen LogP contribution < -0.4 is 0 Å². The van der Waals surface area contributed by atoms with Crippen molar-refractivity contribution in [1.29, 1.82) is 0 Å². The number of hydrogen-bond donors (Lipinski definition) is 0. The molecule has 0 saturated carbocycles. The predicted molar refractivity (Wildman–Crippen MR) is 225 cm³/mol. The molecular weight excluding hydrogens is 671 g/mol. The Bertz CT molecular complexity index is 2870. The van der Waals surface area contributed by atoms with Gasteiger partial charge in [0.2, 0.25) is 0 Å². The molecular formula is C51H33N3O. The first kappa shape index (κ1) is 32.2. The molecule has 0 N–H and O–H groups in total. The lowest BCUT2D eigenvalue weighted by Gasteiger charge is -2.11. The summed E-state index contributed by atoms with van der Waals surface area (Å²) in [4.78, 5) is 15.3. The molecule has 0 aliphatic carbocycles. The van der Waals surface area contributed by atoms with Crippen LogP contribution in [0.2, 0.25) is 0 Å². The Hall–Kier alpha value is -7.43. The number of fused-ring (bicyclic) bond motifs is 3. The van der Waals surface area contributed by atoms with Crippen LogP contribution in [-0.2, 0) is 0 Å². The number of aromatic nitrogens is 3. The van der Waals surface area contributed by atoms with Crippen LogP contribution in [0.3, 0.4) is 0 Å². The molecule has 2 aromatic heterocycles. The maximum absolute atomic E-state index is 6.58. The first-order valence-corrected chi connectivity index (χ1v) is 18.4. The summed E-state index contributed by atoms with van der Waals surface area (Å²) in [5, 5.41) is 2.13. The maximum atomic E-state index is 6.58. The van der Waals surface area contributed by atoms with Gasteiger partial charge in [-0.05, 0) is 80.9 Å². The van der Waals surface area contributed by atoms with Gasteiger partial charge in [0.05, 0.1) is 0 Å². The molecule has 0 unspecified atom stereocenters. The molecule has 0 aliphatic rings. The Morgan fingerprint density at radius 1 is 0.273 bits per heavy atom. The summed E-state index contributed by atoms with van der Waals surface area (Å²) in [5.41, 5.74) is 13.4. The molecule has 0 aliphatic heterocycles. The number of furan rings is 1. The van der Waals surface area contributed by atoms with Gasteiger partial charge in [0.1, 0.15) is 11.2 Å². The number of rotatable bonds is 7. The molecule has 0 fully saturated rings. The van der Waals surface area contributed by atoms with Crippen molar-refractivity contribution >= 4 is 21.9 Å². The zero-order valence-electron chi connectivity index (χ0n) is 29.8. The first-order chi connectivity index (χ1) is 27.2. The van der Waals surface area contributed by atoms with Gasteiger partial charge in [-0.3, -0.25) is 0 Å². The third kappa shape index (κ3) is 6.26. The summed E-state index contributed by atoms with van der Waals surface area (Å²) in [6.07, 6.45) is 0. The van der Waals surface area contributed by atoms with Crippen LogP contribution in [0.15, 0.2) is 205 Å². The standard InChI is InChI=1S/C51H33N3O/c1-4-14-34(15-5-1)37-20-10-23-40(30-37)44-26-13-27-46-48(44)45-29-28-43(33-47(45)55-46)51-53-49(41-24-11-21-38(31-41)35-16-6-2-7-17-35)52-50(54-51)42-25-12-22-39(32-42)36-18-8-3-9-19-36/h1-33H. The van der Waals surface area contributed by atoms with Crippen molar-refractivity contribution in [3.8, 4) is 78.7 Å². The van der Waals surface area contributed by atoms with Crippen molar-refractivity contribution in [2.75, 3.05) is 0 Å². The van der Waals surface area contributed by atoms with E-state index in [4.69, 9.17) is 19.4 Å². The summed E-state index contributed by atoms with van der Waals surface area (Å²) in [6, 6.07) is 69.3. The Kier molecular flexibility index (Phi) is 8.12. The molecule has 258 valence electrons. The molecule has 0 radical (unpaired) electrons. The van der Waals surface area contributed by atoms with Crippen LogP contribution in [0.4, 0.5) is 0 Å². The summed E-state index contributed by atoms with van der Waals surface area (Å²) in [6.45, 7) is 0. The largest absolute Gasteiger partial charge is 0.456 e. The Morgan fingerprint density at radius 3 is 1.18 bits per heavy atom. The molecule has 10 aromatic rings. The zero-order valence-corrected chi connectivity index (χ0v) is 29.8. The van der Waals surface area contributed by atoms with Crippen LogP contribution in [0.25, 0.3) is 101 Å². The van der Waals surface area contributed by atoms with Gasteiger partial charge in [0.15, 0.2) is 17.5 Å². The van der Waals surface area contributed by atoms with E-state index in [2.05, 4.69) is 176 Å². The van der Waals surface area contributed by atoms with Crippen LogP contribution in [-0.4, -0.2) is 15.0 Å². The zero-order chi connectivity index (χ0) is 36.6. The van der Waals surface area contributed by atoms with Gasteiger partial charge in [0.25, 0.3) is 0 Å². The summed E-state index contributed by atoms with van der Waals surface area (Å²) >= 11 is 0. The first-order valence-electron chi connectivity index (χ1n) is 18.4. The van der Waals surface area contributed by atoms with Gasteiger partial charge in [-0.25, -0.2) is 15.0 Å². The van der Waals surface area contributed by atoms with E-state index in [1.807, 2.05) is 24.3 Å². The van der Waals surface area contributed by atoms with Crippen LogP contribution >= 0.6 is 0 Å². The minimum atomic E-state index is 0.577. The van der Waals surface area contributed by atoms with Crippen molar-refractivity contribution in [1.82, 2.24) is 15.0 Å². The summed E-state index contributed by atoms with van der Waals surface area (Å²) < 4.78 is 6.58. The minimum absolute atomic E-state index is 0.577. The molecule has 10 rings (SSSR count).